The van der Waals surface area contributed by atoms with Gasteiger partial charge in [0.2, 0.25) is 0 Å². The highest BCUT2D eigenvalue weighted by molar-refractivity contribution is 7.46. The lowest BCUT2D eigenvalue weighted by Crippen LogP contribution is -2.29. The Bertz CT molecular complexity index is 1110. The van der Waals surface area contributed by atoms with Crippen molar-refractivity contribution in [3.05, 3.63) is 60.8 Å². The van der Waals surface area contributed by atoms with Gasteiger partial charge in [-0.25, -0.2) is 4.57 Å². The van der Waals surface area contributed by atoms with Crippen molar-refractivity contribution in [2.75, 3.05) is 13.2 Å². The van der Waals surface area contributed by atoms with Gasteiger partial charge in [0, 0.05) is 12.8 Å². The molecule has 0 amide bonds. The zero-order valence-corrected chi connectivity index (χ0v) is 34.0. The van der Waals surface area contributed by atoms with Gasteiger partial charge >= 0.3 is 19.8 Å². The fourth-order valence-electron chi connectivity index (χ4n) is 5.71. The van der Waals surface area contributed by atoms with Gasteiger partial charge in [-0.05, 0) is 83.5 Å². The van der Waals surface area contributed by atoms with Crippen LogP contribution >= 0.6 is 7.82 Å². The van der Waals surface area contributed by atoms with Crippen LogP contribution in [0.15, 0.2) is 60.8 Å². The molecular formula is C43H73O9P. The quantitative estimate of drug-likeness (QED) is 0.0210. The van der Waals surface area contributed by atoms with Crippen molar-refractivity contribution >= 4 is 19.8 Å². The van der Waals surface area contributed by atoms with Crippen LogP contribution in [0, 0.1) is 0 Å². The number of hydrogen-bond donors (Lipinski definition) is 2. The summed E-state index contributed by atoms with van der Waals surface area (Å²) in [7, 11) is -4.77. The third-order valence-corrected chi connectivity index (χ3v) is 9.42. The number of allylic oxidation sites excluding steroid dienone is 9. The van der Waals surface area contributed by atoms with Gasteiger partial charge in [0.15, 0.2) is 6.10 Å². The number of ether oxygens (including phenoxy) is 3. The van der Waals surface area contributed by atoms with Crippen molar-refractivity contribution in [3.8, 4) is 0 Å². The summed E-state index contributed by atoms with van der Waals surface area (Å²) in [5.41, 5.74) is 0. The van der Waals surface area contributed by atoms with E-state index in [9.17, 15) is 14.2 Å². The maximum absolute atomic E-state index is 12.4. The maximum atomic E-state index is 12.4. The Morgan fingerprint density at radius 1 is 0.604 bits per heavy atom. The predicted molar refractivity (Wildman–Crippen MR) is 215 cm³/mol. The molecule has 0 aromatic rings. The standard InChI is InChI=1S/C43H73O9P/c1-3-5-7-8-9-10-11-12-13-14-15-16-17-18-19-20-25-28-32-36-43(45)51-39(38-50-53(46,47)48)37-49-42(44)35-31-27-24-22-21-23-26-30-34-41-40(52-41)33-29-6-4-2/h9-10,12-13,15-16,18-19,26,30,39-41H,3-8,11,14,17,20-25,27-29,31-38H2,1-2H3,(H2,46,47,48)/b10-9-,13-12-,16-15-,19-18-,30-26-/t39-,40?,41?/m1/s1. The number of phosphoric acid groups is 1. The second kappa shape index (κ2) is 34.2. The molecule has 0 aliphatic carbocycles. The highest BCUT2D eigenvalue weighted by Gasteiger charge is 2.36. The molecular weight excluding hydrogens is 691 g/mol. The molecule has 1 rings (SSSR count). The van der Waals surface area contributed by atoms with Gasteiger partial charge < -0.3 is 24.0 Å². The highest BCUT2D eigenvalue weighted by atomic mass is 31.2. The summed E-state index contributed by atoms with van der Waals surface area (Å²) in [6.07, 6.45) is 45.4. The molecule has 0 aromatic carbocycles. The minimum absolute atomic E-state index is 0.166. The molecule has 0 aromatic heterocycles. The third-order valence-electron chi connectivity index (χ3n) is 8.93. The van der Waals surface area contributed by atoms with Crippen LogP contribution < -0.4 is 0 Å². The molecule has 0 saturated carbocycles. The number of phosphoric ester groups is 1. The number of carbonyl (C=O) groups is 2. The van der Waals surface area contributed by atoms with Gasteiger partial charge in [-0.15, -0.1) is 0 Å². The zero-order valence-electron chi connectivity index (χ0n) is 33.1. The van der Waals surface area contributed by atoms with Crippen molar-refractivity contribution in [2.45, 2.75) is 186 Å². The minimum Gasteiger partial charge on any atom is -0.462 e. The normalized spacial score (nSPS) is 16.9. The number of hydrogen-bond acceptors (Lipinski definition) is 7. The van der Waals surface area contributed by atoms with Crippen molar-refractivity contribution in [1.82, 2.24) is 0 Å². The number of esters is 2. The van der Waals surface area contributed by atoms with Gasteiger partial charge in [0.1, 0.15) is 6.61 Å². The molecule has 1 saturated heterocycles. The number of epoxide rings is 1. The molecule has 53 heavy (non-hydrogen) atoms. The first-order valence-electron chi connectivity index (χ1n) is 20.7. The Hall–Kier alpha value is -2.29. The fourth-order valence-corrected chi connectivity index (χ4v) is 6.07. The number of unbranched alkanes of at least 4 members (excludes halogenated alkanes) is 13. The Morgan fingerprint density at radius 3 is 1.70 bits per heavy atom. The lowest BCUT2D eigenvalue weighted by Gasteiger charge is -2.18. The van der Waals surface area contributed by atoms with Crippen LogP contribution in [0.1, 0.15) is 168 Å². The van der Waals surface area contributed by atoms with E-state index >= 15 is 0 Å². The molecule has 2 N–H and O–H groups in total. The lowest BCUT2D eigenvalue weighted by molar-refractivity contribution is -0.161. The lowest BCUT2D eigenvalue weighted by atomic mass is 10.1. The van der Waals surface area contributed by atoms with Crippen LogP contribution in [-0.4, -0.2) is 53.3 Å². The number of rotatable bonds is 36. The summed E-state index contributed by atoms with van der Waals surface area (Å²) < 4.78 is 32.1. The molecule has 0 radical (unpaired) electrons. The first kappa shape index (κ1) is 48.7. The van der Waals surface area contributed by atoms with Gasteiger partial charge in [0.05, 0.1) is 18.8 Å². The van der Waals surface area contributed by atoms with Crippen molar-refractivity contribution in [2.24, 2.45) is 0 Å². The molecule has 304 valence electrons. The van der Waals surface area contributed by atoms with E-state index in [0.717, 1.165) is 77.0 Å². The Kier molecular flexibility index (Phi) is 31.5. The largest absolute Gasteiger partial charge is 0.469 e. The van der Waals surface area contributed by atoms with Gasteiger partial charge in [0.25, 0.3) is 0 Å². The fraction of sp³-hybridized carbons (Fsp3) is 0.721. The highest BCUT2D eigenvalue weighted by Crippen LogP contribution is 2.36. The Balaban J connectivity index is 2.10. The van der Waals surface area contributed by atoms with Crippen molar-refractivity contribution in [1.29, 1.82) is 0 Å². The van der Waals surface area contributed by atoms with E-state index in [1.165, 1.54) is 51.4 Å². The average Bonchev–Trinajstić information content (AvgIpc) is 3.88. The van der Waals surface area contributed by atoms with Crippen LogP contribution in [0.3, 0.4) is 0 Å². The first-order valence-corrected chi connectivity index (χ1v) is 22.2. The van der Waals surface area contributed by atoms with Crippen molar-refractivity contribution < 1.29 is 42.7 Å². The first-order chi connectivity index (χ1) is 25.7. The molecule has 1 aliphatic heterocycles. The molecule has 3 atom stereocenters. The molecule has 1 aliphatic rings. The summed E-state index contributed by atoms with van der Waals surface area (Å²) in [4.78, 5) is 42.8. The molecule has 0 bridgehead atoms. The summed E-state index contributed by atoms with van der Waals surface area (Å²) in [5.74, 6) is -0.947. The summed E-state index contributed by atoms with van der Waals surface area (Å²) >= 11 is 0. The van der Waals surface area contributed by atoms with Crippen LogP contribution in [0.2, 0.25) is 0 Å². The van der Waals surface area contributed by atoms with Crippen LogP contribution in [0.5, 0.6) is 0 Å². The second-order valence-corrected chi connectivity index (χ2v) is 15.2. The van der Waals surface area contributed by atoms with Gasteiger partial charge in [-0.1, -0.05) is 132 Å². The summed E-state index contributed by atoms with van der Waals surface area (Å²) in [5, 5.41) is 0. The van der Waals surface area contributed by atoms with Crippen LogP contribution in [0.4, 0.5) is 0 Å². The minimum atomic E-state index is -4.77. The molecule has 1 fully saturated rings. The van der Waals surface area contributed by atoms with E-state index in [1.54, 1.807) is 0 Å². The maximum Gasteiger partial charge on any atom is 0.469 e. The topological polar surface area (TPSA) is 132 Å². The smallest absolute Gasteiger partial charge is 0.462 e. The molecule has 1 heterocycles. The van der Waals surface area contributed by atoms with E-state index < -0.39 is 32.5 Å². The zero-order chi connectivity index (χ0) is 38.7. The Morgan fingerprint density at radius 2 is 1.09 bits per heavy atom. The van der Waals surface area contributed by atoms with E-state index in [-0.39, 0.29) is 19.4 Å². The Labute approximate surface area is 322 Å². The second-order valence-electron chi connectivity index (χ2n) is 14.0. The summed E-state index contributed by atoms with van der Waals surface area (Å²) in [6.45, 7) is 3.58. The van der Waals surface area contributed by atoms with E-state index in [4.69, 9.17) is 24.0 Å². The van der Waals surface area contributed by atoms with Gasteiger partial charge in [-0.2, -0.15) is 0 Å². The molecule has 2 unspecified atom stereocenters. The van der Waals surface area contributed by atoms with E-state index in [1.807, 2.05) is 0 Å². The van der Waals surface area contributed by atoms with E-state index in [0.29, 0.717) is 25.0 Å². The van der Waals surface area contributed by atoms with Crippen LogP contribution in [0.25, 0.3) is 0 Å². The summed E-state index contributed by atoms with van der Waals surface area (Å²) in [6, 6.07) is 0. The molecule has 10 heteroatoms. The molecule has 0 spiro atoms. The van der Waals surface area contributed by atoms with Crippen molar-refractivity contribution in [3.63, 3.8) is 0 Å². The van der Waals surface area contributed by atoms with Crippen LogP contribution in [-0.2, 0) is 32.9 Å². The SMILES string of the molecule is CCCCC/C=C\C/C=C\C/C=C\C/C=C\CCCCCC(=O)O[C@H](COC(=O)CCCCCCC/C=C\CC1OC1CCCCC)COP(=O)(O)O. The van der Waals surface area contributed by atoms with E-state index in [2.05, 4.69) is 79.1 Å². The molecule has 9 nitrogen and oxygen atoms in total. The van der Waals surface area contributed by atoms with Gasteiger partial charge in [-0.3, -0.25) is 14.1 Å². The third kappa shape index (κ3) is 34.0. The predicted octanol–water partition coefficient (Wildman–Crippen LogP) is 11.5. The average molecular weight is 765 g/mol. The number of carbonyl (C=O) groups excluding carboxylic acids is 2. The monoisotopic (exact) mass is 764 g/mol.